The Hall–Kier alpha value is -3.01. The molecule has 7 nitrogen and oxygen atoms in total. The second-order valence-corrected chi connectivity index (χ2v) is 10.7. The number of amides is 2. The zero-order chi connectivity index (χ0) is 26.9. The van der Waals surface area contributed by atoms with Gasteiger partial charge in [-0.1, -0.05) is 43.7 Å². The number of hydrogen-bond donors (Lipinski definition) is 1. The normalized spacial score (nSPS) is 12.2. The van der Waals surface area contributed by atoms with Crippen molar-refractivity contribution in [2.45, 2.75) is 59.0 Å². The highest BCUT2D eigenvalue weighted by Gasteiger charge is 2.28. The van der Waals surface area contributed by atoms with E-state index >= 15 is 0 Å². The summed E-state index contributed by atoms with van der Waals surface area (Å²) < 4.78 is 52.6. The zero-order valence-electron chi connectivity index (χ0n) is 21.3. The molecule has 198 valence electrons. The Morgan fingerprint density at radius 3 is 2.36 bits per heavy atom. The van der Waals surface area contributed by atoms with Crippen molar-refractivity contribution in [3.8, 4) is 0 Å². The van der Waals surface area contributed by atoms with E-state index < -0.39 is 27.7 Å². The molecule has 36 heavy (non-hydrogen) atoms. The SMILES string of the molecule is CCCNC(=O)[C@H](CC)N(Cc1cccc(C)c1)C(=O)CCCN(c1ccc(F)c(F)c1)S(C)(=O)=O. The standard InChI is InChI=1S/C26H35F2N3O4S/c1-5-14-29-26(33)24(6-2)30(18-20-10-7-9-19(3)16-20)25(32)11-8-15-31(36(4,34)35)21-12-13-22(27)23(28)17-21/h7,9-10,12-13,16-17,24H,5-6,8,11,14-15,18H2,1-4H3,(H,29,33)/t24-/m0/s1. The van der Waals surface area contributed by atoms with Gasteiger partial charge in [-0.25, -0.2) is 17.2 Å². The highest BCUT2D eigenvalue weighted by molar-refractivity contribution is 7.92. The number of sulfonamides is 1. The van der Waals surface area contributed by atoms with E-state index in [0.29, 0.717) is 13.0 Å². The van der Waals surface area contributed by atoms with E-state index in [2.05, 4.69) is 5.32 Å². The fraction of sp³-hybridized carbons (Fsp3) is 0.462. The van der Waals surface area contributed by atoms with Crippen molar-refractivity contribution < 1.29 is 26.8 Å². The molecule has 2 aromatic rings. The van der Waals surface area contributed by atoms with Gasteiger partial charge in [-0.05, 0) is 43.9 Å². The molecule has 1 atom stereocenters. The summed E-state index contributed by atoms with van der Waals surface area (Å²) >= 11 is 0. The van der Waals surface area contributed by atoms with Gasteiger partial charge < -0.3 is 10.2 Å². The molecule has 0 saturated heterocycles. The van der Waals surface area contributed by atoms with Crippen LogP contribution in [-0.2, 0) is 26.2 Å². The first kappa shape index (κ1) is 29.2. The molecule has 2 aromatic carbocycles. The summed E-state index contributed by atoms with van der Waals surface area (Å²) in [6.45, 7) is 6.35. The molecule has 2 amide bonds. The number of halogens is 2. The summed E-state index contributed by atoms with van der Waals surface area (Å²) in [6, 6.07) is 9.84. The Balaban J connectivity index is 2.22. The summed E-state index contributed by atoms with van der Waals surface area (Å²) in [5.74, 6) is -2.78. The molecule has 0 spiro atoms. The Morgan fingerprint density at radius 1 is 1.06 bits per heavy atom. The van der Waals surface area contributed by atoms with Crippen molar-refractivity contribution >= 4 is 27.5 Å². The Morgan fingerprint density at radius 2 is 1.78 bits per heavy atom. The van der Waals surface area contributed by atoms with Crippen LogP contribution in [0.4, 0.5) is 14.5 Å². The summed E-state index contributed by atoms with van der Waals surface area (Å²) in [4.78, 5) is 27.7. The number of anilines is 1. The van der Waals surface area contributed by atoms with Crippen LogP contribution in [-0.4, -0.2) is 50.5 Å². The Kier molecular flexibility index (Phi) is 10.8. The van der Waals surface area contributed by atoms with Crippen LogP contribution >= 0.6 is 0 Å². The van der Waals surface area contributed by atoms with E-state index in [1.165, 1.54) is 11.0 Å². The highest BCUT2D eigenvalue weighted by atomic mass is 32.2. The van der Waals surface area contributed by atoms with Gasteiger partial charge >= 0.3 is 0 Å². The molecule has 0 radical (unpaired) electrons. The number of nitrogens with one attached hydrogen (secondary N) is 1. The van der Waals surface area contributed by atoms with Crippen molar-refractivity contribution in [1.82, 2.24) is 10.2 Å². The van der Waals surface area contributed by atoms with Crippen molar-refractivity contribution in [2.75, 3.05) is 23.7 Å². The minimum absolute atomic E-state index is 0.0224. The van der Waals surface area contributed by atoms with E-state index in [1.54, 1.807) is 0 Å². The van der Waals surface area contributed by atoms with Crippen molar-refractivity contribution in [3.05, 3.63) is 65.2 Å². The summed E-state index contributed by atoms with van der Waals surface area (Å²) in [5, 5.41) is 2.85. The van der Waals surface area contributed by atoms with Crippen LogP contribution in [0.3, 0.4) is 0 Å². The first-order valence-corrected chi connectivity index (χ1v) is 13.9. The first-order valence-electron chi connectivity index (χ1n) is 12.0. The zero-order valence-corrected chi connectivity index (χ0v) is 22.1. The molecule has 0 aromatic heterocycles. The molecule has 0 aliphatic rings. The predicted octanol–water partition coefficient (Wildman–Crippen LogP) is 4.15. The minimum Gasteiger partial charge on any atom is -0.354 e. The van der Waals surface area contributed by atoms with Crippen LogP contribution in [0.5, 0.6) is 0 Å². The van der Waals surface area contributed by atoms with Crippen LogP contribution in [0.15, 0.2) is 42.5 Å². The largest absolute Gasteiger partial charge is 0.354 e. The monoisotopic (exact) mass is 523 g/mol. The second kappa shape index (κ2) is 13.3. The van der Waals surface area contributed by atoms with Gasteiger partial charge in [-0.15, -0.1) is 0 Å². The summed E-state index contributed by atoms with van der Waals surface area (Å²) in [7, 11) is -3.81. The van der Waals surface area contributed by atoms with E-state index in [1.807, 2.05) is 45.0 Å². The maximum Gasteiger partial charge on any atom is 0.242 e. The van der Waals surface area contributed by atoms with Crippen molar-refractivity contribution in [1.29, 1.82) is 0 Å². The number of benzene rings is 2. The van der Waals surface area contributed by atoms with Gasteiger partial charge in [0.2, 0.25) is 21.8 Å². The smallest absolute Gasteiger partial charge is 0.242 e. The third kappa shape index (κ3) is 8.29. The molecule has 0 aliphatic carbocycles. The molecule has 0 fully saturated rings. The fourth-order valence-corrected chi connectivity index (χ4v) is 4.89. The van der Waals surface area contributed by atoms with Gasteiger partial charge in [0.15, 0.2) is 11.6 Å². The van der Waals surface area contributed by atoms with Gasteiger partial charge in [-0.3, -0.25) is 13.9 Å². The molecular weight excluding hydrogens is 488 g/mol. The number of carbonyl (C=O) groups is 2. The molecule has 0 unspecified atom stereocenters. The maximum atomic E-state index is 13.7. The molecule has 0 aliphatic heterocycles. The average molecular weight is 524 g/mol. The van der Waals surface area contributed by atoms with E-state index in [4.69, 9.17) is 0 Å². The quantitative estimate of drug-likeness (QED) is 0.427. The van der Waals surface area contributed by atoms with E-state index in [-0.39, 0.29) is 43.4 Å². The van der Waals surface area contributed by atoms with Gasteiger partial charge in [0.05, 0.1) is 11.9 Å². The van der Waals surface area contributed by atoms with Crippen LogP contribution in [0.2, 0.25) is 0 Å². The third-order valence-electron chi connectivity index (χ3n) is 5.71. The molecule has 0 heterocycles. The predicted molar refractivity (Wildman–Crippen MR) is 137 cm³/mol. The topological polar surface area (TPSA) is 86.8 Å². The third-order valence-corrected chi connectivity index (χ3v) is 6.91. The van der Waals surface area contributed by atoms with Gasteiger partial charge in [0.25, 0.3) is 0 Å². The number of carbonyl (C=O) groups excluding carboxylic acids is 2. The molecular formula is C26H35F2N3O4S. The van der Waals surface area contributed by atoms with Crippen molar-refractivity contribution in [2.24, 2.45) is 0 Å². The number of nitrogens with zero attached hydrogens (tertiary/aromatic N) is 2. The van der Waals surface area contributed by atoms with Crippen LogP contribution < -0.4 is 9.62 Å². The average Bonchev–Trinajstić information content (AvgIpc) is 2.81. The maximum absolute atomic E-state index is 13.7. The van der Waals surface area contributed by atoms with Gasteiger partial charge in [0, 0.05) is 32.1 Å². The number of hydrogen-bond acceptors (Lipinski definition) is 4. The highest BCUT2D eigenvalue weighted by Crippen LogP contribution is 2.22. The summed E-state index contributed by atoms with van der Waals surface area (Å²) in [5.41, 5.74) is 1.88. The Labute approximate surface area is 212 Å². The lowest BCUT2D eigenvalue weighted by Gasteiger charge is -2.31. The lowest BCUT2D eigenvalue weighted by Crippen LogP contribution is -2.49. The lowest BCUT2D eigenvalue weighted by molar-refractivity contribution is -0.141. The minimum atomic E-state index is -3.81. The lowest BCUT2D eigenvalue weighted by atomic mass is 10.1. The van der Waals surface area contributed by atoms with Gasteiger partial charge in [-0.2, -0.15) is 0 Å². The molecule has 10 heteroatoms. The van der Waals surface area contributed by atoms with Crippen LogP contribution in [0.25, 0.3) is 0 Å². The first-order chi connectivity index (χ1) is 17.0. The molecule has 2 rings (SSSR count). The van der Waals surface area contributed by atoms with E-state index in [0.717, 1.165) is 40.2 Å². The fourth-order valence-electron chi connectivity index (χ4n) is 3.94. The van der Waals surface area contributed by atoms with Crippen LogP contribution in [0.1, 0.15) is 50.7 Å². The molecule has 0 saturated carbocycles. The Bertz CT molecular complexity index is 1160. The van der Waals surface area contributed by atoms with Crippen molar-refractivity contribution in [3.63, 3.8) is 0 Å². The summed E-state index contributed by atoms with van der Waals surface area (Å²) in [6.07, 6.45) is 2.24. The number of aryl methyl sites for hydroxylation is 1. The number of rotatable bonds is 13. The van der Waals surface area contributed by atoms with Gasteiger partial charge in [0.1, 0.15) is 6.04 Å². The van der Waals surface area contributed by atoms with E-state index in [9.17, 15) is 26.8 Å². The van der Waals surface area contributed by atoms with Crippen LogP contribution in [0, 0.1) is 18.6 Å². The second-order valence-electron chi connectivity index (χ2n) is 8.76. The molecule has 1 N–H and O–H groups in total. The molecule has 0 bridgehead atoms.